The van der Waals surface area contributed by atoms with Crippen molar-refractivity contribution >= 4 is 5.97 Å². The summed E-state index contributed by atoms with van der Waals surface area (Å²) >= 11 is 0. The zero-order valence-electron chi connectivity index (χ0n) is 7.19. The van der Waals surface area contributed by atoms with Crippen molar-refractivity contribution in [3.8, 4) is 0 Å². The number of carboxylic acid groups (broad SMARTS) is 1. The lowest BCUT2D eigenvalue weighted by Crippen LogP contribution is -2.06. The first-order valence-corrected chi connectivity index (χ1v) is 3.80. The van der Waals surface area contributed by atoms with E-state index in [1.54, 1.807) is 0 Å². The second kappa shape index (κ2) is 4.89. The third kappa shape index (κ3) is 7.36. The van der Waals surface area contributed by atoms with Crippen LogP contribution in [0.2, 0.25) is 0 Å². The van der Waals surface area contributed by atoms with Gasteiger partial charge in [0.15, 0.2) is 0 Å². The van der Waals surface area contributed by atoms with Crippen LogP contribution >= 0.6 is 0 Å². The summed E-state index contributed by atoms with van der Waals surface area (Å²) in [6.45, 7) is 1.36. The maximum Gasteiger partial charge on any atom is 0.389 e. The molecular formula is C8H11F3O2. The minimum atomic E-state index is -4.15. The molecule has 0 atom stereocenters. The molecule has 0 aromatic rings. The molecule has 0 saturated carbocycles. The Morgan fingerprint density at radius 2 is 2.00 bits per heavy atom. The summed E-state index contributed by atoms with van der Waals surface area (Å²) in [6, 6.07) is 0. The van der Waals surface area contributed by atoms with Crippen LogP contribution in [0.1, 0.15) is 26.2 Å². The molecule has 13 heavy (non-hydrogen) atoms. The van der Waals surface area contributed by atoms with Crippen molar-refractivity contribution < 1.29 is 23.1 Å². The van der Waals surface area contributed by atoms with Crippen molar-refractivity contribution in [2.24, 2.45) is 0 Å². The predicted octanol–water partition coefficient (Wildman–Crippen LogP) is 2.75. The minimum Gasteiger partial charge on any atom is -0.478 e. The number of rotatable bonds is 4. The summed E-state index contributed by atoms with van der Waals surface area (Å²) in [4.78, 5) is 10.2. The Morgan fingerprint density at radius 1 is 1.46 bits per heavy atom. The molecule has 0 heterocycles. The molecule has 0 aliphatic carbocycles. The van der Waals surface area contributed by atoms with Crippen molar-refractivity contribution in [3.63, 3.8) is 0 Å². The summed E-state index contributed by atoms with van der Waals surface area (Å²) in [5.74, 6) is -1.09. The average molecular weight is 196 g/mol. The lowest BCUT2D eigenvalue weighted by atomic mass is 10.2. The molecule has 0 aliphatic rings. The smallest absolute Gasteiger partial charge is 0.389 e. The van der Waals surface area contributed by atoms with Crippen molar-refractivity contribution in [1.29, 1.82) is 0 Å². The number of allylic oxidation sites excluding steroid dienone is 1. The van der Waals surface area contributed by atoms with Crippen LogP contribution in [0.5, 0.6) is 0 Å². The maximum atomic E-state index is 11.6. The standard InChI is InChI=1S/C8H11F3O2/c1-6(7(12)13)4-2-3-5-8(9,10)11/h4H,2-3,5H2,1H3,(H,12,13). The van der Waals surface area contributed by atoms with Gasteiger partial charge >= 0.3 is 12.1 Å². The Kier molecular flexibility index (Phi) is 4.51. The number of hydrogen-bond acceptors (Lipinski definition) is 1. The van der Waals surface area contributed by atoms with Crippen LogP contribution in [-0.4, -0.2) is 17.3 Å². The van der Waals surface area contributed by atoms with Gasteiger partial charge in [0, 0.05) is 12.0 Å². The summed E-state index contributed by atoms with van der Waals surface area (Å²) < 4.78 is 34.8. The molecule has 0 fully saturated rings. The van der Waals surface area contributed by atoms with Crippen molar-refractivity contribution in [2.45, 2.75) is 32.4 Å². The molecule has 0 aromatic heterocycles. The topological polar surface area (TPSA) is 37.3 Å². The van der Waals surface area contributed by atoms with E-state index in [4.69, 9.17) is 5.11 Å². The quantitative estimate of drug-likeness (QED) is 0.554. The maximum absolute atomic E-state index is 11.6. The molecule has 0 aliphatic heterocycles. The molecule has 0 rings (SSSR count). The number of halogens is 3. The molecule has 0 saturated heterocycles. The number of unbranched alkanes of at least 4 members (excludes halogenated alkanes) is 1. The summed E-state index contributed by atoms with van der Waals surface area (Å²) in [7, 11) is 0. The van der Waals surface area contributed by atoms with Gasteiger partial charge in [0.2, 0.25) is 0 Å². The van der Waals surface area contributed by atoms with E-state index < -0.39 is 18.6 Å². The monoisotopic (exact) mass is 196 g/mol. The predicted molar refractivity (Wildman–Crippen MR) is 41.3 cm³/mol. The number of carbonyl (C=O) groups is 1. The van der Waals surface area contributed by atoms with E-state index in [1.165, 1.54) is 13.0 Å². The minimum absolute atomic E-state index is 0.0614. The zero-order chi connectivity index (χ0) is 10.5. The number of aliphatic carboxylic acids is 1. The van der Waals surface area contributed by atoms with Crippen LogP contribution in [0.15, 0.2) is 11.6 Å². The van der Waals surface area contributed by atoms with Crippen LogP contribution in [0.25, 0.3) is 0 Å². The fourth-order valence-electron chi connectivity index (χ4n) is 0.708. The molecule has 1 N–H and O–H groups in total. The van der Waals surface area contributed by atoms with Gasteiger partial charge in [0.25, 0.3) is 0 Å². The van der Waals surface area contributed by atoms with E-state index in [0.717, 1.165) is 0 Å². The van der Waals surface area contributed by atoms with Crippen molar-refractivity contribution in [2.75, 3.05) is 0 Å². The molecule has 0 amide bonds. The van der Waals surface area contributed by atoms with E-state index in [0.29, 0.717) is 0 Å². The van der Waals surface area contributed by atoms with Crippen LogP contribution in [0, 0.1) is 0 Å². The first-order valence-electron chi connectivity index (χ1n) is 3.80. The van der Waals surface area contributed by atoms with Gasteiger partial charge in [-0.3, -0.25) is 0 Å². The highest BCUT2D eigenvalue weighted by Crippen LogP contribution is 2.22. The fourth-order valence-corrected chi connectivity index (χ4v) is 0.708. The normalized spacial score (nSPS) is 13.1. The molecule has 2 nitrogen and oxygen atoms in total. The molecule has 76 valence electrons. The van der Waals surface area contributed by atoms with E-state index in [-0.39, 0.29) is 18.4 Å². The summed E-state index contributed by atoms with van der Waals surface area (Å²) in [5, 5.41) is 8.35. The molecule has 0 bridgehead atoms. The van der Waals surface area contributed by atoms with Gasteiger partial charge in [-0.2, -0.15) is 13.2 Å². The largest absolute Gasteiger partial charge is 0.478 e. The molecule has 5 heteroatoms. The molecule has 0 radical (unpaired) electrons. The molecule has 0 spiro atoms. The third-order valence-corrected chi connectivity index (χ3v) is 1.45. The Hall–Kier alpha value is -1.00. The van der Waals surface area contributed by atoms with Crippen LogP contribution in [0.4, 0.5) is 13.2 Å². The van der Waals surface area contributed by atoms with Crippen molar-refractivity contribution in [3.05, 3.63) is 11.6 Å². The Morgan fingerprint density at radius 3 is 2.38 bits per heavy atom. The van der Waals surface area contributed by atoms with Gasteiger partial charge in [-0.15, -0.1) is 0 Å². The average Bonchev–Trinajstić information content (AvgIpc) is 1.95. The van der Waals surface area contributed by atoms with Gasteiger partial charge in [-0.05, 0) is 19.8 Å². The summed E-state index contributed by atoms with van der Waals surface area (Å²) in [5.41, 5.74) is 0.0853. The van der Waals surface area contributed by atoms with Gasteiger partial charge in [0.05, 0.1) is 0 Å². The van der Waals surface area contributed by atoms with Gasteiger partial charge in [-0.1, -0.05) is 6.08 Å². The molecule has 0 aromatic carbocycles. The number of hydrogen-bond donors (Lipinski definition) is 1. The second-order valence-electron chi connectivity index (χ2n) is 2.70. The van der Waals surface area contributed by atoms with E-state index in [2.05, 4.69) is 0 Å². The second-order valence-corrected chi connectivity index (χ2v) is 2.70. The Labute approximate surface area is 74.1 Å². The van der Waals surface area contributed by atoms with Crippen molar-refractivity contribution in [1.82, 2.24) is 0 Å². The lowest BCUT2D eigenvalue weighted by molar-refractivity contribution is -0.135. The third-order valence-electron chi connectivity index (χ3n) is 1.45. The van der Waals surface area contributed by atoms with E-state index in [1.807, 2.05) is 0 Å². The number of alkyl halides is 3. The van der Waals surface area contributed by atoms with Crippen LogP contribution in [0.3, 0.4) is 0 Å². The highest BCUT2D eigenvalue weighted by molar-refractivity contribution is 5.85. The van der Waals surface area contributed by atoms with E-state index in [9.17, 15) is 18.0 Å². The molecular weight excluding hydrogens is 185 g/mol. The zero-order valence-corrected chi connectivity index (χ0v) is 7.19. The first kappa shape index (κ1) is 12.0. The Balaban J connectivity index is 3.68. The first-order chi connectivity index (χ1) is 5.83. The number of carboxylic acids is 1. The van der Waals surface area contributed by atoms with Gasteiger partial charge in [-0.25, -0.2) is 4.79 Å². The lowest BCUT2D eigenvalue weighted by Gasteiger charge is -2.03. The van der Waals surface area contributed by atoms with Gasteiger partial charge < -0.3 is 5.11 Å². The van der Waals surface area contributed by atoms with Crippen LogP contribution in [-0.2, 0) is 4.79 Å². The highest BCUT2D eigenvalue weighted by atomic mass is 19.4. The summed E-state index contributed by atoms with van der Waals surface area (Å²) in [6.07, 6.45) is -3.62. The van der Waals surface area contributed by atoms with Crippen LogP contribution < -0.4 is 0 Å². The molecule has 0 unspecified atom stereocenters. The van der Waals surface area contributed by atoms with Gasteiger partial charge in [0.1, 0.15) is 0 Å². The fraction of sp³-hybridized carbons (Fsp3) is 0.625. The van der Waals surface area contributed by atoms with E-state index >= 15 is 0 Å². The SMILES string of the molecule is CC(=CCCCC(F)(F)F)C(=O)O. The Bertz CT molecular complexity index is 206. The highest BCUT2D eigenvalue weighted by Gasteiger charge is 2.25.